The fourth-order valence-electron chi connectivity index (χ4n) is 12.9. The van der Waals surface area contributed by atoms with Crippen molar-refractivity contribution in [1.29, 1.82) is 0 Å². The molecule has 0 saturated heterocycles. The van der Waals surface area contributed by atoms with E-state index in [1.54, 1.807) is 0 Å². The highest BCUT2D eigenvalue weighted by Crippen LogP contribution is 2.48. The van der Waals surface area contributed by atoms with E-state index in [0.29, 0.717) is 0 Å². The van der Waals surface area contributed by atoms with Gasteiger partial charge in [0.1, 0.15) is 22.3 Å². The summed E-state index contributed by atoms with van der Waals surface area (Å²) in [5.74, 6) is 0. The molecule has 0 aliphatic rings. The summed E-state index contributed by atoms with van der Waals surface area (Å²) in [5.41, 5.74) is 20.0. The monoisotopic (exact) mass is 1090 g/mol. The normalized spacial score (nSPS) is 11.8. The number of furan rings is 3. The van der Waals surface area contributed by atoms with Crippen molar-refractivity contribution >= 4 is 121 Å². The number of hydrogen-bond acceptors (Lipinski definition) is 5. The Morgan fingerprint density at radius 2 is 0.541 bits per heavy atom. The van der Waals surface area contributed by atoms with Gasteiger partial charge in [0.25, 0.3) is 0 Å². The van der Waals surface area contributed by atoms with E-state index in [-0.39, 0.29) is 0 Å². The van der Waals surface area contributed by atoms with Gasteiger partial charge in [0.05, 0.1) is 11.4 Å². The summed E-state index contributed by atoms with van der Waals surface area (Å²) in [6, 6.07) is 108. The van der Waals surface area contributed by atoms with Crippen LogP contribution in [-0.4, -0.2) is 0 Å². The highest BCUT2D eigenvalue weighted by Gasteiger charge is 2.24. The van der Waals surface area contributed by atoms with E-state index in [1.165, 1.54) is 11.1 Å². The fraction of sp³-hybridized carbons (Fsp3) is 0. The van der Waals surface area contributed by atoms with Crippen molar-refractivity contribution in [2.24, 2.45) is 0 Å². The number of benzene rings is 14. The first-order valence-electron chi connectivity index (χ1n) is 28.9. The maximum atomic E-state index is 7.09. The minimum Gasteiger partial charge on any atom is -0.456 e. The Balaban J connectivity index is 0.812. The van der Waals surface area contributed by atoms with E-state index in [2.05, 4.69) is 313 Å². The molecule has 17 aromatic rings. The number of fused-ring (bicyclic) bond motifs is 11. The molecule has 398 valence electrons. The molecule has 85 heavy (non-hydrogen) atoms. The Labute approximate surface area is 489 Å². The Morgan fingerprint density at radius 3 is 0.941 bits per heavy atom. The van der Waals surface area contributed by atoms with Gasteiger partial charge in [0.15, 0.2) is 11.2 Å². The highest BCUT2D eigenvalue weighted by molar-refractivity contribution is 6.17. The topological polar surface area (TPSA) is 45.9 Å². The zero-order valence-electron chi connectivity index (χ0n) is 46.0. The Bertz CT molecular complexity index is 5060. The van der Waals surface area contributed by atoms with Gasteiger partial charge in [0, 0.05) is 66.2 Å². The van der Waals surface area contributed by atoms with Crippen LogP contribution in [0.3, 0.4) is 0 Å². The van der Waals surface area contributed by atoms with Crippen LogP contribution in [0.1, 0.15) is 0 Å². The predicted molar refractivity (Wildman–Crippen MR) is 354 cm³/mol. The Hall–Kier alpha value is -11.4. The molecule has 14 aromatic carbocycles. The number of hydrogen-bond donors (Lipinski definition) is 0. The first kappa shape index (κ1) is 48.3. The van der Waals surface area contributed by atoms with E-state index in [0.717, 1.165) is 155 Å². The number of para-hydroxylation sites is 4. The van der Waals surface area contributed by atoms with Crippen LogP contribution >= 0.6 is 0 Å². The van der Waals surface area contributed by atoms with Gasteiger partial charge in [-0.15, -0.1) is 0 Å². The SMILES string of the molecule is c1ccc(-c2ccc(N(c3ccc4cc5oc6cc7ccc(N(c8ccc(-c9ccccc9)cc8)c8cccc9c8oc8c(-c%10ccccc%10)cccc89)cc7cc6c5cc4c3)c3cccc4c3oc3c(-c5ccccc5)cccc34)cc2)cc1. The molecule has 0 radical (unpaired) electrons. The van der Waals surface area contributed by atoms with Gasteiger partial charge in [-0.05, 0) is 140 Å². The minimum absolute atomic E-state index is 0.824. The molecule has 0 atom stereocenters. The van der Waals surface area contributed by atoms with E-state index in [1.807, 2.05) is 0 Å². The van der Waals surface area contributed by atoms with Crippen LogP contribution in [0.15, 0.2) is 317 Å². The first-order chi connectivity index (χ1) is 42.1. The molecule has 0 saturated carbocycles. The van der Waals surface area contributed by atoms with Crippen molar-refractivity contribution < 1.29 is 13.3 Å². The van der Waals surface area contributed by atoms with Crippen molar-refractivity contribution in [2.75, 3.05) is 9.80 Å². The number of anilines is 6. The van der Waals surface area contributed by atoms with Crippen molar-refractivity contribution in [1.82, 2.24) is 0 Å². The maximum absolute atomic E-state index is 7.09. The van der Waals surface area contributed by atoms with Crippen molar-refractivity contribution in [3.05, 3.63) is 303 Å². The van der Waals surface area contributed by atoms with E-state index in [4.69, 9.17) is 13.3 Å². The van der Waals surface area contributed by atoms with Crippen LogP contribution in [0.25, 0.3) is 132 Å². The molecule has 0 spiro atoms. The zero-order chi connectivity index (χ0) is 56.0. The quantitative estimate of drug-likeness (QED) is 0.137. The lowest BCUT2D eigenvalue weighted by Crippen LogP contribution is -2.10. The summed E-state index contributed by atoms with van der Waals surface area (Å²) in [6.07, 6.45) is 0. The van der Waals surface area contributed by atoms with Crippen molar-refractivity contribution in [2.45, 2.75) is 0 Å². The summed E-state index contributed by atoms with van der Waals surface area (Å²) in [7, 11) is 0. The Kier molecular flexibility index (Phi) is 11.2. The summed E-state index contributed by atoms with van der Waals surface area (Å²) in [6.45, 7) is 0. The third kappa shape index (κ3) is 8.16. The smallest absolute Gasteiger partial charge is 0.159 e. The molecule has 5 heteroatoms. The fourth-order valence-corrected chi connectivity index (χ4v) is 12.9. The second-order valence-electron chi connectivity index (χ2n) is 22.0. The summed E-state index contributed by atoms with van der Waals surface area (Å²) in [4.78, 5) is 4.67. The summed E-state index contributed by atoms with van der Waals surface area (Å²) < 4.78 is 21.0. The lowest BCUT2D eigenvalue weighted by molar-refractivity contribution is 0.670. The second kappa shape index (κ2) is 19.7. The van der Waals surface area contributed by atoms with Gasteiger partial charge in [-0.3, -0.25) is 0 Å². The van der Waals surface area contributed by atoms with Crippen LogP contribution in [0.4, 0.5) is 34.1 Å². The summed E-state index contributed by atoms with van der Waals surface area (Å²) >= 11 is 0. The molecule has 5 nitrogen and oxygen atoms in total. The van der Waals surface area contributed by atoms with Gasteiger partial charge < -0.3 is 23.1 Å². The van der Waals surface area contributed by atoms with Gasteiger partial charge in [-0.25, -0.2) is 0 Å². The largest absolute Gasteiger partial charge is 0.456 e. The average Bonchev–Trinajstić information content (AvgIpc) is 3.30. The standard InChI is InChI=1S/C80H50N2O3/c1-5-17-51(18-6-1)53-33-39-61(40-34-53)81(73-31-15-29-69-67-27-13-25-65(77(67)84-79(69)73)55-21-9-3-10-22-55)63-43-37-57-49-75-71(47-59(57)45-63)72-48-60-46-64(44-38-58(60)50-76(72)83-75)82(62-41-35-54(36-42-62)52-19-7-2-8-20-52)74-32-16-30-70-68-28-14-26-66(78(68)85-80(70)74)56-23-11-4-12-24-56/h1-50H. The summed E-state index contributed by atoms with van der Waals surface area (Å²) in [5, 5.41) is 10.7. The van der Waals surface area contributed by atoms with Crippen LogP contribution in [-0.2, 0) is 0 Å². The van der Waals surface area contributed by atoms with Crippen LogP contribution in [0.5, 0.6) is 0 Å². The van der Waals surface area contributed by atoms with Crippen molar-refractivity contribution in [3.63, 3.8) is 0 Å². The lowest BCUT2D eigenvalue weighted by Gasteiger charge is -2.26. The highest BCUT2D eigenvalue weighted by atomic mass is 16.3. The molecule has 0 fully saturated rings. The van der Waals surface area contributed by atoms with Gasteiger partial charge >= 0.3 is 0 Å². The molecule has 0 unspecified atom stereocenters. The molecule has 17 rings (SSSR count). The van der Waals surface area contributed by atoms with Gasteiger partial charge in [0.2, 0.25) is 0 Å². The Morgan fingerprint density at radius 1 is 0.200 bits per heavy atom. The molecule has 0 amide bonds. The molecule has 0 N–H and O–H groups in total. The lowest BCUT2D eigenvalue weighted by atomic mass is 10.0. The third-order valence-electron chi connectivity index (χ3n) is 17.0. The maximum Gasteiger partial charge on any atom is 0.159 e. The molecule has 0 aliphatic heterocycles. The molecule has 3 aromatic heterocycles. The minimum atomic E-state index is 0.824. The molecule has 3 heterocycles. The average molecular weight is 1090 g/mol. The van der Waals surface area contributed by atoms with E-state index >= 15 is 0 Å². The van der Waals surface area contributed by atoms with Gasteiger partial charge in [-0.2, -0.15) is 0 Å². The second-order valence-corrected chi connectivity index (χ2v) is 22.0. The first-order valence-corrected chi connectivity index (χ1v) is 28.9. The van der Waals surface area contributed by atoms with Crippen molar-refractivity contribution in [3.8, 4) is 44.5 Å². The van der Waals surface area contributed by atoms with Crippen LogP contribution in [0.2, 0.25) is 0 Å². The predicted octanol–water partition coefficient (Wildman–Crippen LogP) is 23.3. The molecule has 0 aliphatic carbocycles. The van der Waals surface area contributed by atoms with E-state index < -0.39 is 0 Å². The van der Waals surface area contributed by atoms with Crippen LogP contribution < -0.4 is 9.80 Å². The molecular weight excluding hydrogens is 1040 g/mol. The molecular formula is C80H50N2O3. The third-order valence-corrected chi connectivity index (χ3v) is 17.0. The van der Waals surface area contributed by atoms with E-state index in [9.17, 15) is 0 Å². The number of rotatable bonds is 10. The van der Waals surface area contributed by atoms with Gasteiger partial charge in [-0.1, -0.05) is 218 Å². The zero-order valence-corrected chi connectivity index (χ0v) is 46.0. The molecule has 0 bridgehead atoms. The number of nitrogens with zero attached hydrogens (tertiary/aromatic N) is 2. The van der Waals surface area contributed by atoms with Crippen LogP contribution in [0, 0.1) is 0 Å².